The molecular formula is C68H129NO5. The number of aliphatic hydroxyl groups is 2. The van der Waals surface area contributed by atoms with Gasteiger partial charge in [-0.05, 0) is 83.5 Å². The summed E-state index contributed by atoms with van der Waals surface area (Å²) < 4.78 is 5.49. The molecule has 74 heavy (non-hydrogen) atoms. The monoisotopic (exact) mass is 1040 g/mol. The van der Waals surface area contributed by atoms with Crippen LogP contribution >= 0.6 is 0 Å². The Kier molecular flexibility index (Phi) is 62.0. The molecule has 2 atom stereocenters. The zero-order valence-corrected chi connectivity index (χ0v) is 49.8. The SMILES string of the molecule is CCCCCCCC/C=C\CCCCCCCCCC(=O)OCCCCCCCCCCC/C=C\C/C=C\CCCCCCCCCCCCCC(=O)NC(CO)C(O)CCCCCCCCCCCCCCC. The molecule has 0 bridgehead atoms. The highest BCUT2D eigenvalue weighted by Gasteiger charge is 2.20. The molecule has 6 nitrogen and oxygen atoms in total. The third kappa shape index (κ3) is 59.3. The van der Waals surface area contributed by atoms with Crippen LogP contribution in [0, 0.1) is 0 Å². The average Bonchev–Trinajstić information content (AvgIpc) is 3.40. The molecule has 0 saturated heterocycles. The normalized spacial score (nSPS) is 12.8. The number of hydrogen-bond donors (Lipinski definition) is 3. The van der Waals surface area contributed by atoms with Crippen LogP contribution in [0.5, 0.6) is 0 Å². The molecule has 0 aromatic heterocycles. The fourth-order valence-corrected chi connectivity index (χ4v) is 10.3. The lowest BCUT2D eigenvalue weighted by molar-refractivity contribution is -0.143. The highest BCUT2D eigenvalue weighted by Crippen LogP contribution is 2.18. The maximum absolute atomic E-state index is 12.5. The number of nitrogens with one attached hydrogen (secondary N) is 1. The summed E-state index contributed by atoms with van der Waals surface area (Å²) in [5.74, 6) is -0.0296. The molecule has 436 valence electrons. The van der Waals surface area contributed by atoms with Crippen molar-refractivity contribution >= 4 is 11.9 Å². The van der Waals surface area contributed by atoms with Gasteiger partial charge in [0.15, 0.2) is 0 Å². The van der Waals surface area contributed by atoms with E-state index in [-0.39, 0.29) is 18.5 Å². The van der Waals surface area contributed by atoms with Crippen molar-refractivity contribution in [3.05, 3.63) is 36.5 Å². The van der Waals surface area contributed by atoms with E-state index in [1.165, 1.54) is 276 Å². The van der Waals surface area contributed by atoms with E-state index >= 15 is 0 Å². The van der Waals surface area contributed by atoms with Gasteiger partial charge in [-0.2, -0.15) is 0 Å². The Morgan fingerprint density at radius 1 is 0.378 bits per heavy atom. The second-order valence-electron chi connectivity index (χ2n) is 22.8. The molecule has 0 aromatic carbocycles. The van der Waals surface area contributed by atoms with Crippen molar-refractivity contribution in [3.8, 4) is 0 Å². The van der Waals surface area contributed by atoms with Crippen molar-refractivity contribution < 1.29 is 24.5 Å². The van der Waals surface area contributed by atoms with Gasteiger partial charge >= 0.3 is 5.97 Å². The van der Waals surface area contributed by atoms with Gasteiger partial charge in [0.25, 0.3) is 0 Å². The molecule has 0 spiro atoms. The predicted molar refractivity (Wildman–Crippen MR) is 324 cm³/mol. The first-order valence-corrected chi connectivity index (χ1v) is 33.2. The van der Waals surface area contributed by atoms with E-state index in [1.54, 1.807) is 0 Å². The van der Waals surface area contributed by atoms with E-state index in [2.05, 4.69) is 55.6 Å². The number of esters is 1. The van der Waals surface area contributed by atoms with Crippen molar-refractivity contribution in [1.29, 1.82) is 0 Å². The van der Waals surface area contributed by atoms with Crippen molar-refractivity contribution in [2.24, 2.45) is 0 Å². The Bertz CT molecular complexity index is 1200. The highest BCUT2D eigenvalue weighted by atomic mass is 16.5. The van der Waals surface area contributed by atoms with Crippen LogP contribution in [0.4, 0.5) is 0 Å². The third-order valence-electron chi connectivity index (χ3n) is 15.4. The lowest BCUT2D eigenvalue weighted by Gasteiger charge is -2.22. The average molecular weight is 1040 g/mol. The Morgan fingerprint density at radius 3 is 1.04 bits per heavy atom. The van der Waals surface area contributed by atoms with Crippen LogP contribution in [0.15, 0.2) is 36.5 Å². The standard InChI is InChI=1S/C68H129NO5/c1-3-5-7-9-11-13-15-17-18-30-34-38-42-46-50-54-58-62-68(73)74-63-59-55-51-47-43-39-35-32-29-27-25-23-21-19-20-22-24-26-28-31-33-37-41-45-49-53-57-61-67(72)69-65(64-70)66(71)60-56-52-48-44-40-36-16-14-12-10-8-6-4-2/h17-20,23,25,65-66,70-71H,3-16,21-22,24,26-64H2,1-2H3,(H,69,72)/b18-17-,20-19-,25-23-. The van der Waals surface area contributed by atoms with Crippen molar-refractivity contribution in [2.75, 3.05) is 13.2 Å². The van der Waals surface area contributed by atoms with E-state index < -0.39 is 12.1 Å². The summed E-state index contributed by atoms with van der Waals surface area (Å²) in [6.07, 6.45) is 80.3. The molecule has 3 N–H and O–H groups in total. The first-order valence-electron chi connectivity index (χ1n) is 33.2. The van der Waals surface area contributed by atoms with Gasteiger partial charge < -0.3 is 20.3 Å². The van der Waals surface area contributed by atoms with Gasteiger partial charge in [0, 0.05) is 12.8 Å². The fourth-order valence-electron chi connectivity index (χ4n) is 10.3. The molecule has 0 heterocycles. The minimum Gasteiger partial charge on any atom is -0.466 e. The molecule has 2 unspecified atom stereocenters. The zero-order chi connectivity index (χ0) is 53.6. The second kappa shape index (κ2) is 63.6. The van der Waals surface area contributed by atoms with Crippen molar-refractivity contribution in [2.45, 2.75) is 373 Å². The highest BCUT2D eigenvalue weighted by molar-refractivity contribution is 5.76. The number of amides is 1. The number of carbonyl (C=O) groups is 2. The molecule has 0 rings (SSSR count). The molecule has 0 fully saturated rings. The molecule has 0 radical (unpaired) electrons. The molecule has 6 heteroatoms. The smallest absolute Gasteiger partial charge is 0.305 e. The van der Waals surface area contributed by atoms with Crippen LogP contribution in [0.2, 0.25) is 0 Å². The first-order chi connectivity index (χ1) is 36.5. The van der Waals surface area contributed by atoms with Crippen LogP contribution < -0.4 is 5.32 Å². The molecule has 1 amide bonds. The zero-order valence-electron chi connectivity index (χ0n) is 49.8. The van der Waals surface area contributed by atoms with Crippen molar-refractivity contribution in [3.63, 3.8) is 0 Å². The minimum atomic E-state index is -0.666. The number of unbranched alkanes of at least 4 members (excludes halogenated alkanes) is 45. The topological polar surface area (TPSA) is 95.9 Å². The van der Waals surface area contributed by atoms with Gasteiger partial charge in [0.05, 0.1) is 25.4 Å². The Balaban J connectivity index is 3.40. The summed E-state index contributed by atoms with van der Waals surface area (Å²) in [6.45, 7) is 4.96. The van der Waals surface area contributed by atoms with Gasteiger partial charge in [-0.25, -0.2) is 0 Å². The van der Waals surface area contributed by atoms with Crippen molar-refractivity contribution in [1.82, 2.24) is 5.32 Å². The van der Waals surface area contributed by atoms with E-state index in [1.807, 2.05) is 0 Å². The molecule has 0 aliphatic rings. The number of rotatable bonds is 62. The number of aliphatic hydroxyl groups excluding tert-OH is 2. The Hall–Kier alpha value is -1.92. The minimum absolute atomic E-state index is 0.00753. The van der Waals surface area contributed by atoms with E-state index in [9.17, 15) is 19.8 Å². The molecule has 0 aromatic rings. The molecule has 0 aliphatic heterocycles. The first kappa shape index (κ1) is 72.1. The van der Waals surface area contributed by atoms with Crippen LogP contribution in [-0.4, -0.2) is 47.4 Å². The molecule has 0 aliphatic carbocycles. The number of carbonyl (C=O) groups excluding carboxylic acids is 2. The lowest BCUT2D eigenvalue weighted by atomic mass is 10.0. The van der Waals surface area contributed by atoms with Crippen LogP contribution in [0.1, 0.15) is 361 Å². The third-order valence-corrected chi connectivity index (χ3v) is 15.4. The van der Waals surface area contributed by atoms with Gasteiger partial charge in [-0.1, -0.05) is 301 Å². The second-order valence-corrected chi connectivity index (χ2v) is 22.8. The number of ether oxygens (including phenoxy) is 1. The summed E-state index contributed by atoms with van der Waals surface area (Å²) in [7, 11) is 0. The van der Waals surface area contributed by atoms with Gasteiger partial charge in [0.2, 0.25) is 5.91 Å². The van der Waals surface area contributed by atoms with Crippen LogP contribution in [0.25, 0.3) is 0 Å². The summed E-state index contributed by atoms with van der Waals surface area (Å²) in [6, 6.07) is -0.543. The van der Waals surface area contributed by atoms with Gasteiger partial charge in [-0.15, -0.1) is 0 Å². The van der Waals surface area contributed by atoms with Crippen LogP contribution in [-0.2, 0) is 14.3 Å². The van der Waals surface area contributed by atoms with E-state index in [0.29, 0.717) is 25.9 Å². The summed E-state index contributed by atoms with van der Waals surface area (Å²) in [5.41, 5.74) is 0. The maximum atomic E-state index is 12.5. The van der Waals surface area contributed by atoms with Gasteiger partial charge in [-0.3, -0.25) is 9.59 Å². The Labute approximate surface area is 462 Å². The van der Waals surface area contributed by atoms with E-state index in [0.717, 1.165) is 51.4 Å². The molecular weight excluding hydrogens is 911 g/mol. The maximum Gasteiger partial charge on any atom is 0.305 e. The lowest BCUT2D eigenvalue weighted by Crippen LogP contribution is -2.45. The van der Waals surface area contributed by atoms with E-state index in [4.69, 9.17) is 4.74 Å². The number of hydrogen-bond acceptors (Lipinski definition) is 5. The molecule has 0 saturated carbocycles. The summed E-state index contributed by atoms with van der Waals surface area (Å²) >= 11 is 0. The summed E-state index contributed by atoms with van der Waals surface area (Å²) in [4.78, 5) is 24.6. The van der Waals surface area contributed by atoms with Gasteiger partial charge in [0.1, 0.15) is 0 Å². The predicted octanol–water partition coefficient (Wildman–Crippen LogP) is 21.1. The fraction of sp³-hybridized carbons (Fsp3) is 0.882. The Morgan fingerprint density at radius 2 is 0.676 bits per heavy atom. The number of allylic oxidation sites excluding steroid dienone is 6. The van der Waals surface area contributed by atoms with Crippen LogP contribution in [0.3, 0.4) is 0 Å². The quantitative estimate of drug-likeness (QED) is 0.0320. The summed E-state index contributed by atoms with van der Waals surface area (Å²) in [5, 5.41) is 23.3. The largest absolute Gasteiger partial charge is 0.466 e.